The third kappa shape index (κ3) is 9.61. The van der Waals surface area contributed by atoms with Crippen molar-refractivity contribution in [1.29, 1.82) is 0 Å². The summed E-state index contributed by atoms with van der Waals surface area (Å²) in [5, 5.41) is 0.194. The van der Waals surface area contributed by atoms with Gasteiger partial charge in [0.1, 0.15) is 29.2 Å². The maximum atomic E-state index is 14.7. The van der Waals surface area contributed by atoms with Gasteiger partial charge in [-0.25, -0.2) is 13.8 Å². The first kappa shape index (κ1) is 42.1. The highest BCUT2D eigenvalue weighted by Gasteiger charge is 2.41. The summed E-state index contributed by atoms with van der Waals surface area (Å²) >= 11 is 0. The number of alkyl halides is 3. The van der Waals surface area contributed by atoms with Gasteiger partial charge in [0.2, 0.25) is 5.91 Å². The maximum Gasteiger partial charge on any atom is 0.416 e. The van der Waals surface area contributed by atoms with Gasteiger partial charge in [-0.05, 0) is 106 Å². The maximum absolute atomic E-state index is 14.7. The minimum absolute atomic E-state index is 0.00343. The van der Waals surface area contributed by atoms with Crippen molar-refractivity contribution < 1.29 is 36.3 Å². The average molecular weight is 804 g/mol. The first-order chi connectivity index (χ1) is 27.3. The summed E-state index contributed by atoms with van der Waals surface area (Å²) in [6.07, 6.45) is -1.89. The number of halogens is 5. The molecule has 1 aliphatic heterocycles. The van der Waals surface area contributed by atoms with Gasteiger partial charge in [-0.3, -0.25) is 19.3 Å². The Hall–Kier alpha value is -5.50. The average Bonchev–Trinajstić information content (AvgIpc) is 3.18. The highest BCUT2D eigenvalue weighted by molar-refractivity contribution is 5.81. The zero-order valence-corrected chi connectivity index (χ0v) is 33.1. The summed E-state index contributed by atoms with van der Waals surface area (Å²) in [4.78, 5) is 53.6. The van der Waals surface area contributed by atoms with E-state index in [0.717, 1.165) is 23.8 Å². The molecule has 306 valence electrons. The second kappa shape index (κ2) is 16.8. The molecule has 0 saturated carbocycles. The van der Waals surface area contributed by atoms with Gasteiger partial charge in [0.15, 0.2) is 11.6 Å². The van der Waals surface area contributed by atoms with Gasteiger partial charge in [0.05, 0.1) is 10.9 Å². The molecule has 3 heterocycles. The Morgan fingerprint density at radius 3 is 2.10 bits per heavy atom. The van der Waals surface area contributed by atoms with Crippen LogP contribution in [0, 0.1) is 11.6 Å². The number of piperidine rings is 1. The van der Waals surface area contributed by atoms with Crippen LogP contribution < -0.4 is 5.56 Å². The zero-order chi connectivity index (χ0) is 42.0. The molecule has 9 nitrogen and oxygen atoms in total. The summed E-state index contributed by atoms with van der Waals surface area (Å²) in [5.41, 5.74) is -0.521. The number of likely N-dealkylation sites (tertiary alicyclic amines) is 1. The Balaban J connectivity index is 1.30. The van der Waals surface area contributed by atoms with Crippen LogP contribution in [-0.4, -0.2) is 66.5 Å². The SMILES string of the molecule is CC(C)(C)OC(=O)C(C)(C)N1CCC(N(Cc2ccc(-c3ccc(C(F)(F)F)cc3)cc2)C(=O)Cn2c(CCc3cccc(F)c3F)nc(=O)c3cccnc32)CC1. The predicted molar refractivity (Wildman–Crippen MR) is 210 cm³/mol. The molecule has 0 bridgehead atoms. The topological polar surface area (TPSA) is 97.6 Å². The van der Waals surface area contributed by atoms with Crippen LogP contribution in [0.5, 0.6) is 0 Å². The smallest absolute Gasteiger partial charge is 0.416 e. The van der Waals surface area contributed by atoms with Crippen molar-refractivity contribution in [3.8, 4) is 11.1 Å². The Labute approximate surface area is 333 Å². The fraction of sp³-hybridized carbons (Fsp3) is 0.386. The minimum Gasteiger partial charge on any atom is -0.459 e. The predicted octanol–water partition coefficient (Wildman–Crippen LogP) is 8.15. The van der Waals surface area contributed by atoms with Crippen molar-refractivity contribution in [1.82, 2.24) is 24.3 Å². The molecule has 2 aromatic heterocycles. The molecule has 1 fully saturated rings. The third-order valence-electron chi connectivity index (χ3n) is 10.5. The fourth-order valence-corrected chi connectivity index (χ4v) is 7.25. The van der Waals surface area contributed by atoms with E-state index >= 15 is 0 Å². The number of esters is 1. The second-order valence-electron chi connectivity index (χ2n) is 16.1. The van der Waals surface area contributed by atoms with Crippen molar-refractivity contribution in [2.75, 3.05) is 13.1 Å². The minimum atomic E-state index is -4.45. The summed E-state index contributed by atoms with van der Waals surface area (Å²) in [5.74, 6) is -2.48. The molecule has 1 saturated heterocycles. The molecule has 3 aromatic carbocycles. The molecule has 14 heteroatoms. The van der Waals surface area contributed by atoms with Gasteiger partial charge in [0, 0.05) is 38.3 Å². The summed E-state index contributed by atoms with van der Waals surface area (Å²) in [6, 6.07) is 18.9. The largest absolute Gasteiger partial charge is 0.459 e. The summed E-state index contributed by atoms with van der Waals surface area (Å²) < 4.78 is 75.5. The van der Waals surface area contributed by atoms with E-state index in [9.17, 15) is 36.3 Å². The normalized spacial score (nSPS) is 14.4. The van der Waals surface area contributed by atoms with Gasteiger partial charge in [0.25, 0.3) is 5.56 Å². The van der Waals surface area contributed by atoms with Crippen LogP contribution in [0.4, 0.5) is 22.0 Å². The molecular weight excluding hydrogens is 758 g/mol. The molecule has 0 spiro atoms. The number of aromatic nitrogens is 3. The van der Waals surface area contributed by atoms with E-state index in [2.05, 4.69) is 9.97 Å². The molecule has 1 amide bonds. The van der Waals surface area contributed by atoms with Crippen molar-refractivity contribution in [2.45, 2.75) is 96.7 Å². The summed E-state index contributed by atoms with van der Waals surface area (Å²) in [7, 11) is 0. The molecule has 58 heavy (non-hydrogen) atoms. The second-order valence-corrected chi connectivity index (χ2v) is 16.1. The number of benzene rings is 3. The number of aryl methyl sites for hydroxylation is 2. The Bertz CT molecular complexity index is 2330. The third-order valence-corrected chi connectivity index (χ3v) is 10.5. The van der Waals surface area contributed by atoms with E-state index in [4.69, 9.17) is 4.74 Å². The van der Waals surface area contributed by atoms with Crippen LogP contribution in [0.15, 0.2) is 89.9 Å². The van der Waals surface area contributed by atoms with Crippen LogP contribution in [0.1, 0.15) is 70.0 Å². The van der Waals surface area contributed by atoms with E-state index in [1.807, 2.05) is 51.7 Å². The van der Waals surface area contributed by atoms with Crippen LogP contribution in [0.3, 0.4) is 0 Å². The standard InChI is InChI=1S/C44H46F5N5O4/c1-42(2,3)58-41(57)43(4,5)52-24-21-33(22-25-52)53(26-28-11-13-29(14-12-28)30-15-18-32(19-16-30)44(47,48)49)37(55)27-54-36(20-17-31-8-6-10-35(45)38(31)46)51-40(56)34-9-7-23-50-39(34)54/h6-16,18-19,23,33H,17,20-22,24-27H2,1-5H3. The molecule has 6 rings (SSSR count). The number of rotatable bonds is 11. The number of pyridine rings is 1. The quantitative estimate of drug-likeness (QED) is 0.0983. The monoisotopic (exact) mass is 803 g/mol. The highest BCUT2D eigenvalue weighted by atomic mass is 19.4. The van der Waals surface area contributed by atoms with Gasteiger partial charge in [-0.15, -0.1) is 0 Å². The fourth-order valence-electron chi connectivity index (χ4n) is 7.25. The van der Waals surface area contributed by atoms with E-state index < -0.39 is 40.1 Å². The number of nitrogens with zero attached hydrogens (tertiary/aromatic N) is 5. The van der Waals surface area contributed by atoms with Crippen LogP contribution in [-0.2, 0) is 46.4 Å². The number of ether oxygens (including phenoxy) is 1. The molecule has 0 atom stereocenters. The lowest BCUT2D eigenvalue weighted by Crippen LogP contribution is -2.57. The van der Waals surface area contributed by atoms with Gasteiger partial charge in [-0.2, -0.15) is 18.2 Å². The molecule has 0 aliphatic carbocycles. The van der Waals surface area contributed by atoms with E-state index in [-0.39, 0.29) is 66.3 Å². The van der Waals surface area contributed by atoms with Crippen molar-refractivity contribution >= 4 is 22.9 Å². The van der Waals surface area contributed by atoms with Crippen molar-refractivity contribution in [2.24, 2.45) is 0 Å². The lowest BCUT2D eigenvalue weighted by atomic mass is 9.94. The number of hydrogen-bond donors (Lipinski definition) is 0. The molecule has 1 aliphatic rings. The Kier molecular flexibility index (Phi) is 12.2. The number of carbonyl (C=O) groups excluding carboxylic acids is 2. The first-order valence-corrected chi connectivity index (χ1v) is 19.1. The number of amides is 1. The number of fused-ring (bicyclic) bond motifs is 1. The van der Waals surface area contributed by atoms with Gasteiger partial charge >= 0.3 is 12.1 Å². The number of hydrogen-bond acceptors (Lipinski definition) is 7. The Morgan fingerprint density at radius 2 is 1.48 bits per heavy atom. The van der Waals surface area contributed by atoms with Crippen LogP contribution >= 0.6 is 0 Å². The van der Waals surface area contributed by atoms with E-state index in [1.54, 1.807) is 33.7 Å². The lowest BCUT2D eigenvalue weighted by molar-refractivity contribution is -0.169. The van der Waals surface area contributed by atoms with Gasteiger partial charge in [-0.1, -0.05) is 48.5 Å². The van der Waals surface area contributed by atoms with Crippen LogP contribution in [0.2, 0.25) is 0 Å². The summed E-state index contributed by atoms with van der Waals surface area (Å²) in [6.45, 7) is 9.97. The van der Waals surface area contributed by atoms with Gasteiger partial charge < -0.3 is 14.2 Å². The molecule has 0 unspecified atom stereocenters. The zero-order valence-electron chi connectivity index (χ0n) is 33.1. The molecule has 0 radical (unpaired) electrons. The van der Waals surface area contributed by atoms with Crippen molar-refractivity contribution in [3.05, 3.63) is 130 Å². The highest BCUT2D eigenvalue weighted by Crippen LogP contribution is 2.32. The molecule has 0 N–H and O–H groups in total. The number of carbonyl (C=O) groups is 2. The molecular formula is C44H46F5N5O4. The van der Waals surface area contributed by atoms with E-state index in [1.165, 1.54) is 30.5 Å². The van der Waals surface area contributed by atoms with Crippen LogP contribution in [0.25, 0.3) is 22.2 Å². The van der Waals surface area contributed by atoms with Crippen molar-refractivity contribution in [3.63, 3.8) is 0 Å². The van der Waals surface area contributed by atoms with E-state index in [0.29, 0.717) is 37.1 Å². The lowest BCUT2D eigenvalue weighted by Gasteiger charge is -2.44. The Morgan fingerprint density at radius 1 is 0.845 bits per heavy atom. The molecule has 5 aromatic rings. The first-order valence-electron chi connectivity index (χ1n) is 19.1.